The van der Waals surface area contributed by atoms with Crippen LogP contribution < -0.4 is 5.32 Å². The van der Waals surface area contributed by atoms with Gasteiger partial charge in [0, 0.05) is 17.3 Å². The number of carbonyl (C=O) groups is 2. The van der Waals surface area contributed by atoms with E-state index in [1.165, 1.54) is 12.2 Å². The smallest absolute Gasteiger partial charge is 0.331 e. The molecule has 4 nitrogen and oxygen atoms in total. The summed E-state index contributed by atoms with van der Waals surface area (Å²) in [6.45, 7) is 3.57. The first kappa shape index (κ1) is 11.1. The summed E-state index contributed by atoms with van der Waals surface area (Å²) in [6, 6.07) is 7.18. The van der Waals surface area contributed by atoms with Gasteiger partial charge in [-0.05, 0) is 6.07 Å². The third kappa shape index (κ3) is 2.25. The van der Waals surface area contributed by atoms with Crippen molar-refractivity contribution >= 4 is 23.1 Å². The molecule has 1 N–H and O–H groups in total. The Labute approximate surface area is 98.6 Å². The lowest BCUT2D eigenvalue weighted by Crippen LogP contribution is -2.07. The molecule has 1 aliphatic heterocycles. The van der Waals surface area contributed by atoms with Gasteiger partial charge >= 0.3 is 5.97 Å². The van der Waals surface area contributed by atoms with Crippen molar-refractivity contribution < 1.29 is 14.3 Å². The molecule has 1 amide bonds. The molecule has 86 valence electrons. The van der Waals surface area contributed by atoms with Crippen molar-refractivity contribution in [1.29, 1.82) is 0 Å². The summed E-state index contributed by atoms with van der Waals surface area (Å²) in [7, 11) is 0. The van der Waals surface area contributed by atoms with E-state index in [4.69, 9.17) is 4.74 Å². The summed E-state index contributed by atoms with van der Waals surface area (Å²) in [5, 5.41) is 2.67. The van der Waals surface area contributed by atoms with Crippen LogP contribution in [0, 0.1) is 0 Å². The molecule has 1 aromatic rings. The predicted molar refractivity (Wildman–Crippen MR) is 64.2 cm³/mol. The Bertz CT molecular complexity index is 517. The monoisotopic (exact) mass is 229 g/mol. The van der Waals surface area contributed by atoms with Crippen LogP contribution in [0.4, 0.5) is 5.69 Å². The maximum atomic E-state index is 11.6. The number of ether oxygens (including phenoxy) is 1. The van der Waals surface area contributed by atoms with Gasteiger partial charge < -0.3 is 10.1 Å². The normalized spacial score (nSPS) is 15.3. The minimum Gasteiger partial charge on any atom is -0.458 e. The zero-order valence-electron chi connectivity index (χ0n) is 9.10. The molecule has 0 aromatic heterocycles. The molecule has 0 spiro atoms. The van der Waals surface area contributed by atoms with Crippen molar-refractivity contribution in [3.63, 3.8) is 0 Å². The molecule has 1 aromatic carbocycles. The summed E-state index contributed by atoms with van der Waals surface area (Å²) in [6.07, 6.45) is 2.67. The molecule has 1 heterocycles. The number of fused-ring (bicyclic) bond motifs is 1. The largest absolute Gasteiger partial charge is 0.458 e. The fraction of sp³-hybridized carbons (Fsp3) is 0.0769. The lowest BCUT2D eigenvalue weighted by Gasteiger charge is -1.98. The van der Waals surface area contributed by atoms with E-state index in [-0.39, 0.29) is 12.5 Å². The molecular formula is C13H11NO3. The standard InChI is InChI=1S/C13H11NO3/c1-2-7-17-12(15)8-10-9-5-3-4-6-11(9)14-13(10)16/h2-6,8H,1,7H2,(H,14,16)/b10-8+. The Hall–Kier alpha value is -2.36. The maximum absolute atomic E-state index is 11.6. The molecule has 0 unspecified atom stereocenters. The number of hydrogen-bond donors (Lipinski definition) is 1. The first-order valence-electron chi connectivity index (χ1n) is 5.12. The van der Waals surface area contributed by atoms with Crippen LogP contribution in [0.1, 0.15) is 5.56 Å². The highest BCUT2D eigenvalue weighted by atomic mass is 16.5. The molecule has 4 heteroatoms. The Kier molecular flexibility index (Phi) is 3.05. The Balaban J connectivity index is 2.27. The lowest BCUT2D eigenvalue weighted by molar-refractivity contribution is -0.136. The zero-order chi connectivity index (χ0) is 12.3. The molecule has 1 aliphatic rings. The van der Waals surface area contributed by atoms with Gasteiger partial charge in [0.15, 0.2) is 0 Å². The van der Waals surface area contributed by atoms with E-state index in [1.807, 2.05) is 12.1 Å². The van der Waals surface area contributed by atoms with E-state index in [0.717, 1.165) is 0 Å². The summed E-state index contributed by atoms with van der Waals surface area (Å²) >= 11 is 0. The molecule has 0 atom stereocenters. The van der Waals surface area contributed by atoms with E-state index in [2.05, 4.69) is 11.9 Å². The average Bonchev–Trinajstić information content (AvgIpc) is 2.64. The summed E-state index contributed by atoms with van der Waals surface area (Å²) in [4.78, 5) is 23.0. The number of para-hydroxylation sites is 1. The Morgan fingerprint density at radius 1 is 1.41 bits per heavy atom. The summed E-state index contributed by atoms with van der Waals surface area (Å²) < 4.78 is 4.80. The molecular weight excluding hydrogens is 218 g/mol. The average molecular weight is 229 g/mol. The van der Waals surface area contributed by atoms with Crippen molar-refractivity contribution in [2.75, 3.05) is 11.9 Å². The third-order valence-electron chi connectivity index (χ3n) is 2.32. The van der Waals surface area contributed by atoms with Crippen molar-refractivity contribution in [1.82, 2.24) is 0 Å². The first-order valence-corrected chi connectivity index (χ1v) is 5.12. The number of esters is 1. The second kappa shape index (κ2) is 4.65. The fourth-order valence-corrected chi connectivity index (χ4v) is 1.58. The maximum Gasteiger partial charge on any atom is 0.331 e. The van der Waals surface area contributed by atoms with Crippen LogP contribution in [0.25, 0.3) is 5.57 Å². The zero-order valence-corrected chi connectivity index (χ0v) is 9.10. The van der Waals surface area contributed by atoms with Gasteiger partial charge in [0.2, 0.25) is 0 Å². The molecule has 0 aliphatic carbocycles. The Morgan fingerprint density at radius 2 is 2.18 bits per heavy atom. The van der Waals surface area contributed by atoms with Gasteiger partial charge in [-0.25, -0.2) is 4.79 Å². The summed E-state index contributed by atoms with van der Waals surface area (Å²) in [5.74, 6) is -0.839. The van der Waals surface area contributed by atoms with E-state index in [0.29, 0.717) is 16.8 Å². The van der Waals surface area contributed by atoms with Crippen molar-refractivity contribution in [2.45, 2.75) is 0 Å². The molecule has 0 saturated heterocycles. The van der Waals surface area contributed by atoms with Gasteiger partial charge in [0.25, 0.3) is 5.91 Å². The molecule has 0 saturated carbocycles. The summed E-state index contributed by atoms with van der Waals surface area (Å²) in [5.41, 5.74) is 1.75. The molecule has 0 fully saturated rings. The van der Waals surface area contributed by atoms with E-state index in [1.54, 1.807) is 12.1 Å². The minimum absolute atomic E-state index is 0.131. The molecule has 2 rings (SSSR count). The highest BCUT2D eigenvalue weighted by Gasteiger charge is 2.24. The van der Waals surface area contributed by atoms with Crippen molar-refractivity contribution in [3.8, 4) is 0 Å². The SMILES string of the molecule is C=CCOC(=O)/C=C1/C(=O)Nc2ccccc21. The number of benzene rings is 1. The lowest BCUT2D eigenvalue weighted by atomic mass is 10.1. The first-order chi connectivity index (χ1) is 8.22. The van der Waals surface area contributed by atoms with Gasteiger partial charge in [-0.2, -0.15) is 0 Å². The van der Waals surface area contributed by atoms with Gasteiger partial charge in [-0.15, -0.1) is 0 Å². The number of carbonyl (C=O) groups excluding carboxylic acids is 2. The molecule has 0 bridgehead atoms. The van der Waals surface area contributed by atoms with Gasteiger partial charge in [-0.3, -0.25) is 4.79 Å². The van der Waals surface area contributed by atoms with E-state index in [9.17, 15) is 9.59 Å². The highest BCUT2D eigenvalue weighted by Crippen LogP contribution is 2.30. The number of anilines is 1. The molecule has 17 heavy (non-hydrogen) atoms. The van der Waals surface area contributed by atoms with E-state index < -0.39 is 5.97 Å². The second-order valence-corrected chi connectivity index (χ2v) is 3.48. The van der Waals surface area contributed by atoms with Gasteiger partial charge in [0.05, 0.1) is 5.57 Å². The number of amides is 1. The van der Waals surface area contributed by atoms with Gasteiger partial charge in [0.1, 0.15) is 6.61 Å². The topological polar surface area (TPSA) is 55.4 Å². The van der Waals surface area contributed by atoms with Crippen LogP contribution in [-0.4, -0.2) is 18.5 Å². The van der Waals surface area contributed by atoms with Crippen LogP contribution in [-0.2, 0) is 14.3 Å². The van der Waals surface area contributed by atoms with Crippen LogP contribution >= 0.6 is 0 Å². The fourth-order valence-electron chi connectivity index (χ4n) is 1.58. The van der Waals surface area contributed by atoms with Crippen LogP contribution in [0.15, 0.2) is 43.0 Å². The minimum atomic E-state index is -0.549. The van der Waals surface area contributed by atoms with Crippen LogP contribution in [0.5, 0.6) is 0 Å². The molecule has 0 radical (unpaired) electrons. The van der Waals surface area contributed by atoms with E-state index >= 15 is 0 Å². The van der Waals surface area contributed by atoms with Gasteiger partial charge in [-0.1, -0.05) is 30.9 Å². The second-order valence-electron chi connectivity index (χ2n) is 3.48. The van der Waals surface area contributed by atoms with Crippen molar-refractivity contribution in [3.05, 3.63) is 48.6 Å². The number of hydrogen-bond acceptors (Lipinski definition) is 3. The number of rotatable bonds is 3. The van der Waals surface area contributed by atoms with Crippen LogP contribution in [0.2, 0.25) is 0 Å². The third-order valence-corrected chi connectivity index (χ3v) is 2.32. The quantitative estimate of drug-likeness (QED) is 0.488. The Morgan fingerprint density at radius 3 is 2.94 bits per heavy atom. The number of nitrogens with one attached hydrogen (secondary N) is 1. The van der Waals surface area contributed by atoms with Crippen molar-refractivity contribution in [2.24, 2.45) is 0 Å². The van der Waals surface area contributed by atoms with Crippen LogP contribution in [0.3, 0.4) is 0 Å². The highest BCUT2D eigenvalue weighted by molar-refractivity contribution is 6.33. The predicted octanol–water partition coefficient (Wildman–Crippen LogP) is 1.75.